The molecule has 0 aliphatic carbocycles. The molecule has 1 rings (SSSR count). The van der Waals surface area contributed by atoms with E-state index in [1.807, 2.05) is 0 Å². The van der Waals surface area contributed by atoms with Crippen LogP contribution in [-0.4, -0.2) is 29.0 Å². The number of aromatic nitrogens is 1. The van der Waals surface area contributed by atoms with Crippen molar-refractivity contribution in [3.05, 3.63) is 17.8 Å². The Kier molecular flexibility index (Phi) is 3.66. The second-order valence-electron chi connectivity index (χ2n) is 2.40. The van der Waals surface area contributed by atoms with Crippen LogP contribution < -0.4 is 0 Å². The van der Waals surface area contributed by atoms with E-state index in [1.54, 1.807) is 6.92 Å². The lowest BCUT2D eigenvalue weighted by molar-refractivity contribution is -0.142. The van der Waals surface area contributed by atoms with Crippen LogP contribution in [0.2, 0.25) is 0 Å². The molecule has 6 heteroatoms. The van der Waals surface area contributed by atoms with E-state index in [0.717, 1.165) is 6.21 Å². The van der Waals surface area contributed by atoms with Crippen LogP contribution in [0.25, 0.3) is 0 Å². The molecule has 0 spiro atoms. The Morgan fingerprint density at radius 2 is 2.64 bits per heavy atom. The van der Waals surface area contributed by atoms with Crippen LogP contribution in [0.1, 0.15) is 18.5 Å². The predicted octanol–water partition coefficient (Wildman–Crippen LogP) is 0.588. The van der Waals surface area contributed by atoms with Crippen LogP contribution in [0.3, 0.4) is 0 Å². The minimum Gasteiger partial charge on any atom is -0.466 e. The van der Waals surface area contributed by atoms with E-state index in [4.69, 9.17) is 14.4 Å². The average Bonchev–Trinajstić information content (AvgIpc) is 2.53. The Bertz CT molecular complexity index is 332. The van der Waals surface area contributed by atoms with Gasteiger partial charge in [0.2, 0.25) is 5.89 Å². The number of nitrogens with zero attached hydrogens (tertiary/aromatic N) is 2. The number of oxime groups is 1. The lowest BCUT2D eigenvalue weighted by Crippen LogP contribution is -2.07. The average molecular weight is 198 g/mol. The highest BCUT2D eigenvalue weighted by atomic mass is 16.5. The summed E-state index contributed by atoms with van der Waals surface area (Å²) in [4.78, 5) is 14.8. The first-order valence-electron chi connectivity index (χ1n) is 4.03. The van der Waals surface area contributed by atoms with Gasteiger partial charge in [0.25, 0.3) is 0 Å². The van der Waals surface area contributed by atoms with Gasteiger partial charge in [-0.25, -0.2) is 4.98 Å². The van der Waals surface area contributed by atoms with Crippen LogP contribution in [-0.2, 0) is 16.0 Å². The second kappa shape index (κ2) is 5.00. The highest BCUT2D eigenvalue weighted by Crippen LogP contribution is 2.01. The number of hydrogen-bond acceptors (Lipinski definition) is 6. The normalized spacial score (nSPS) is 10.6. The maximum atomic E-state index is 11.0. The van der Waals surface area contributed by atoms with E-state index in [1.165, 1.54) is 6.26 Å². The summed E-state index contributed by atoms with van der Waals surface area (Å²) in [6, 6.07) is 0. The molecule has 1 aromatic rings. The van der Waals surface area contributed by atoms with Gasteiger partial charge in [0.05, 0.1) is 18.7 Å². The van der Waals surface area contributed by atoms with Gasteiger partial charge in [0.1, 0.15) is 12.5 Å². The van der Waals surface area contributed by atoms with Crippen molar-refractivity contribution < 1.29 is 19.2 Å². The summed E-state index contributed by atoms with van der Waals surface area (Å²) < 4.78 is 9.57. The molecular formula is C8H10N2O4. The molecule has 0 bridgehead atoms. The number of carbonyl (C=O) groups excluding carboxylic acids is 1. The van der Waals surface area contributed by atoms with Crippen LogP contribution in [0.5, 0.6) is 0 Å². The van der Waals surface area contributed by atoms with Gasteiger partial charge in [-0.15, -0.1) is 0 Å². The van der Waals surface area contributed by atoms with Crippen LogP contribution >= 0.6 is 0 Å². The zero-order valence-corrected chi connectivity index (χ0v) is 7.64. The summed E-state index contributed by atoms with van der Waals surface area (Å²) in [7, 11) is 0. The molecule has 0 aromatic carbocycles. The third-order valence-electron chi connectivity index (χ3n) is 1.37. The number of rotatable bonds is 4. The first kappa shape index (κ1) is 10.2. The number of esters is 1. The Hall–Kier alpha value is -1.85. The van der Waals surface area contributed by atoms with Crippen molar-refractivity contribution in [2.24, 2.45) is 5.16 Å². The van der Waals surface area contributed by atoms with Crippen LogP contribution in [0.15, 0.2) is 15.8 Å². The summed E-state index contributed by atoms with van der Waals surface area (Å²) in [5.74, 6) is -0.222. The van der Waals surface area contributed by atoms with E-state index in [9.17, 15) is 4.79 Å². The molecule has 76 valence electrons. The fourth-order valence-electron chi connectivity index (χ4n) is 0.872. The first-order valence-corrected chi connectivity index (χ1v) is 4.03. The first-order chi connectivity index (χ1) is 6.76. The molecular weight excluding hydrogens is 188 g/mol. The monoisotopic (exact) mass is 198 g/mol. The molecule has 1 N–H and O–H groups in total. The number of oxazole rings is 1. The highest BCUT2D eigenvalue weighted by molar-refractivity contribution is 5.74. The Morgan fingerprint density at radius 3 is 3.29 bits per heavy atom. The van der Waals surface area contributed by atoms with E-state index in [-0.39, 0.29) is 18.3 Å². The lowest BCUT2D eigenvalue weighted by Gasteiger charge is -1.96. The van der Waals surface area contributed by atoms with Crippen molar-refractivity contribution in [1.82, 2.24) is 4.98 Å². The smallest absolute Gasteiger partial charge is 0.311 e. The largest absolute Gasteiger partial charge is 0.466 e. The van der Waals surface area contributed by atoms with Gasteiger partial charge in [-0.05, 0) is 6.92 Å². The summed E-state index contributed by atoms with van der Waals surface area (Å²) in [6.07, 6.45) is 2.40. The Morgan fingerprint density at radius 1 is 1.86 bits per heavy atom. The minimum absolute atomic E-state index is 0.0522. The molecule has 1 heterocycles. The molecule has 0 unspecified atom stereocenters. The fraction of sp³-hybridized carbons (Fsp3) is 0.375. The zero-order chi connectivity index (χ0) is 10.4. The number of ether oxygens (including phenoxy) is 1. The number of hydrogen-bond donors (Lipinski definition) is 1. The highest BCUT2D eigenvalue weighted by Gasteiger charge is 2.08. The quantitative estimate of drug-likeness (QED) is 0.331. The minimum atomic E-state index is -0.367. The summed E-state index contributed by atoms with van der Waals surface area (Å²) in [5, 5.41) is 10.9. The third kappa shape index (κ3) is 2.89. The molecule has 0 fully saturated rings. The standard InChI is InChI=1S/C8H10N2O4/c1-2-13-8(11)3-6-5-14-7(10-6)4-9-12/h4-5,12H,2-3H2,1H3/b9-4+. The molecule has 0 amide bonds. The van der Waals surface area contributed by atoms with Crippen LogP contribution in [0.4, 0.5) is 0 Å². The van der Waals surface area contributed by atoms with E-state index in [0.29, 0.717) is 12.3 Å². The third-order valence-corrected chi connectivity index (χ3v) is 1.37. The van der Waals surface area contributed by atoms with Crippen molar-refractivity contribution >= 4 is 12.2 Å². The SMILES string of the molecule is CCOC(=O)Cc1coc(/C=N/O)n1. The summed E-state index contributed by atoms with van der Waals surface area (Å²) in [6.45, 7) is 2.06. The number of carbonyl (C=O) groups is 1. The molecule has 0 saturated heterocycles. The van der Waals surface area contributed by atoms with Gasteiger partial charge < -0.3 is 14.4 Å². The molecule has 0 aliphatic rings. The van der Waals surface area contributed by atoms with Crippen molar-refractivity contribution in [2.75, 3.05) is 6.61 Å². The van der Waals surface area contributed by atoms with Crippen molar-refractivity contribution in [3.8, 4) is 0 Å². The van der Waals surface area contributed by atoms with E-state index >= 15 is 0 Å². The van der Waals surface area contributed by atoms with Gasteiger partial charge >= 0.3 is 5.97 Å². The van der Waals surface area contributed by atoms with Crippen molar-refractivity contribution in [3.63, 3.8) is 0 Å². The van der Waals surface area contributed by atoms with Gasteiger partial charge in [0.15, 0.2) is 0 Å². The molecule has 6 nitrogen and oxygen atoms in total. The molecule has 0 aliphatic heterocycles. The molecule has 14 heavy (non-hydrogen) atoms. The maximum Gasteiger partial charge on any atom is 0.311 e. The van der Waals surface area contributed by atoms with Gasteiger partial charge in [-0.3, -0.25) is 4.79 Å². The molecule has 0 atom stereocenters. The van der Waals surface area contributed by atoms with Crippen molar-refractivity contribution in [2.45, 2.75) is 13.3 Å². The fourth-order valence-corrected chi connectivity index (χ4v) is 0.872. The van der Waals surface area contributed by atoms with Gasteiger partial charge in [-0.2, -0.15) is 0 Å². The van der Waals surface area contributed by atoms with Crippen LogP contribution in [0, 0.1) is 0 Å². The topological polar surface area (TPSA) is 84.9 Å². The van der Waals surface area contributed by atoms with Crippen molar-refractivity contribution in [1.29, 1.82) is 0 Å². The Labute approximate surface area is 80.2 Å². The second-order valence-corrected chi connectivity index (χ2v) is 2.40. The predicted molar refractivity (Wildman–Crippen MR) is 46.2 cm³/mol. The van der Waals surface area contributed by atoms with Gasteiger partial charge in [-0.1, -0.05) is 5.16 Å². The summed E-state index contributed by atoms with van der Waals surface area (Å²) >= 11 is 0. The summed E-state index contributed by atoms with van der Waals surface area (Å²) in [5.41, 5.74) is 0.443. The molecule has 1 aromatic heterocycles. The Balaban J connectivity index is 2.55. The lowest BCUT2D eigenvalue weighted by atomic mass is 10.3. The van der Waals surface area contributed by atoms with E-state index in [2.05, 4.69) is 10.1 Å². The molecule has 0 radical (unpaired) electrons. The van der Waals surface area contributed by atoms with E-state index < -0.39 is 0 Å². The zero-order valence-electron chi connectivity index (χ0n) is 7.64. The van der Waals surface area contributed by atoms with Gasteiger partial charge in [0, 0.05) is 0 Å². The molecule has 0 saturated carbocycles. The maximum absolute atomic E-state index is 11.0.